The number of carboxylic acids is 1. The first kappa shape index (κ1) is 21.0. The third-order valence-electron chi connectivity index (χ3n) is 5.96. The van der Waals surface area contributed by atoms with Crippen LogP contribution in [0.4, 0.5) is 5.69 Å². The Kier molecular flexibility index (Phi) is 6.97. The molecule has 4 heteroatoms. The third-order valence-corrected chi connectivity index (χ3v) is 5.96. The Morgan fingerprint density at radius 1 is 1.21 bits per heavy atom. The molecule has 2 aromatic rings. The molecule has 0 bridgehead atoms. The number of ether oxygens (including phenoxy) is 1. The van der Waals surface area contributed by atoms with E-state index < -0.39 is 5.97 Å². The predicted molar refractivity (Wildman–Crippen MR) is 118 cm³/mol. The maximum Gasteiger partial charge on any atom is 0.303 e. The lowest BCUT2D eigenvalue weighted by atomic mass is 9.84. The number of rotatable bonds is 8. The molecule has 29 heavy (non-hydrogen) atoms. The highest BCUT2D eigenvalue weighted by atomic mass is 16.5. The van der Waals surface area contributed by atoms with Gasteiger partial charge in [-0.1, -0.05) is 42.0 Å². The summed E-state index contributed by atoms with van der Waals surface area (Å²) in [5.41, 5.74) is 4.91. The number of fused-ring (bicyclic) bond motifs is 1. The minimum absolute atomic E-state index is 0.202. The van der Waals surface area contributed by atoms with E-state index in [1.807, 2.05) is 25.1 Å². The Hall–Kier alpha value is -2.75. The first-order chi connectivity index (χ1) is 13.9. The van der Waals surface area contributed by atoms with Gasteiger partial charge >= 0.3 is 5.97 Å². The maximum absolute atomic E-state index is 10.8. The third kappa shape index (κ3) is 5.63. The van der Waals surface area contributed by atoms with Crippen LogP contribution in [0.15, 0.2) is 60.2 Å². The first-order valence-corrected chi connectivity index (χ1v) is 10.3. The van der Waals surface area contributed by atoms with Crippen molar-refractivity contribution in [1.82, 2.24) is 0 Å². The van der Waals surface area contributed by atoms with Crippen LogP contribution in [0.2, 0.25) is 0 Å². The van der Waals surface area contributed by atoms with Crippen molar-refractivity contribution in [3.05, 3.63) is 71.3 Å². The van der Waals surface area contributed by atoms with E-state index in [1.165, 1.54) is 11.3 Å². The molecular formula is C25H31NO3. The van der Waals surface area contributed by atoms with E-state index in [2.05, 4.69) is 55.3 Å². The largest absolute Gasteiger partial charge is 0.489 e. The van der Waals surface area contributed by atoms with Gasteiger partial charge in [-0.3, -0.25) is 4.79 Å². The predicted octanol–water partition coefficient (Wildman–Crippen LogP) is 5.46. The summed E-state index contributed by atoms with van der Waals surface area (Å²) in [5.74, 6) is 0.666. The van der Waals surface area contributed by atoms with Crippen LogP contribution in [0.25, 0.3) is 0 Å². The van der Waals surface area contributed by atoms with Crippen LogP contribution in [-0.4, -0.2) is 24.2 Å². The van der Waals surface area contributed by atoms with Crippen molar-refractivity contribution in [2.24, 2.45) is 5.92 Å². The van der Waals surface area contributed by atoms with Gasteiger partial charge in [0, 0.05) is 25.2 Å². The van der Waals surface area contributed by atoms with Crippen molar-refractivity contribution in [3.8, 4) is 5.75 Å². The highest BCUT2D eigenvalue weighted by molar-refractivity contribution is 5.67. The van der Waals surface area contributed by atoms with E-state index in [0.717, 1.165) is 29.7 Å². The van der Waals surface area contributed by atoms with E-state index in [-0.39, 0.29) is 6.42 Å². The molecule has 2 aromatic carbocycles. The molecule has 0 fully saturated rings. The number of benzene rings is 2. The molecule has 2 atom stereocenters. The monoisotopic (exact) mass is 393 g/mol. The average Bonchev–Trinajstić information content (AvgIpc) is 2.73. The molecule has 0 radical (unpaired) electrons. The SMILES string of the molecule is C/C(=C\CC1Cc2cc(OCc3ccccc3)ccc2N(C)C1C)CCC(=O)O. The first-order valence-electron chi connectivity index (χ1n) is 10.3. The van der Waals surface area contributed by atoms with Crippen molar-refractivity contribution in [3.63, 3.8) is 0 Å². The molecule has 154 valence electrons. The molecule has 0 aromatic heterocycles. The summed E-state index contributed by atoms with van der Waals surface area (Å²) in [6, 6.07) is 17.0. The van der Waals surface area contributed by atoms with Crippen molar-refractivity contribution in [2.75, 3.05) is 11.9 Å². The highest BCUT2D eigenvalue weighted by Crippen LogP contribution is 2.36. The van der Waals surface area contributed by atoms with E-state index in [4.69, 9.17) is 9.84 Å². The topological polar surface area (TPSA) is 49.8 Å². The molecule has 0 saturated heterocycles. The van der Waals surface area contributed by atoms with Crippen LogP contribution >= 0.6 is 0 Å². The molecule has 0 saturated carbocycles. The number of hydrogen-bond acceptors (Lipinski definition) is 3. The number of aliphatic carboxylic acids is 1. The molecule has 0 spiro atoms. The van der Waals surface area contributed by atoms with E-state index in [9.17, 15) is 4.79 Å². The number of allylic oxidation sites excluding steroid dienone is 2. The second-order valence-corrected chi connectivity index (χ2v) is 8.06. The fourth-order valence-corrected chi connectivity index (χ4v) is 3.93. The van der Waals surface area contributed by atoms with Crippen molar-refractivity contribution >= 4 is 11.7 Å². The summed E-state index contributed by atoms with van der Waals surface area (Å²) >= 11 is 0. The van der Waals surface area contributed by atoms with Gasteiger partial charge in [0.15, 0.2) is 0 Å². The maximum atomic E-state index is 10.8. The molecular weight excluding hydrogens is 362 g/mol. The van der Waals surface area contributed by atoms with Gasteiger partial charge in [-0.2, -0.15) is 0 Å². The van der Waals surface area contributed by atoms with E-state index in [1.54, 1.807) is 0 Å². The van der Waals surface area contributed by atoms with E-state index in [0.29, 0.717) is 25.0 Å². The molecule has 1 aliphatic rings. The Balaban J connectivity index is 1.67. The van der Waals surface area contributed by atoms with Gasteiger partial charge in [0.05, 0.1) is 0 Å². The Bertz CT molecular complexity index is 860. The van der Waals surface area contributed by atoms with Crippen LogP contribution in [0.3, 0.4) is 0 Å². The summed E-state index contributed by atoms with van der Waals surface area (Å²) < 4.78 is 6.02. The van der Waals surface area contributed by atoms with Gasteiger partial charge in [-0.05, 0) is 68.4 Å². The lowest BCUT2D eigenvalue weighted by Gasteiger charge is -2.40. The second-order valence-electron chi connectivity index (χ2n) is 8.06. The Morgan fingerprint density at radius 2 is 1.97 bits per heavy atom. The fraction of sp³-hybridized carbons (Fsp3) is 0.400. The lowest BCUT2D eigenvalue weighted by molar-refractivity contribution is -0.136. The van der Waals surface area contributed by atoms with Crippen molar-refractivity contribution in [2.45, 2.75) is 52.2 Å². The number of hydrogen-bond donors (Lipinski definition) is 1. The summed E-state index contributed by atoms with van der Waals surface area (Å²) in [5, 5.41) is 8.86. The quantitative estimate of drug-likeness (QED) is 0.605. The van der Waals surface area contributed by atoms with Crippen LogP contribution < -0.4 is 9.64 Å². The summed E-state index contributed by atoms with van der Waals surface area (Å²) in [6.45, 7) is 4.87. The zero-order valence-electron chi connectivity index (χ0n) is 17.6. The lowest BCUT2D eigenvalue weighted by Crippen LogP contribution is -2.40. The minimum atomic E-state index is -0.736. The fourth-order valence-electron chi connectivity index (χ4n) is 3.93. The highest BCUT2D eigenvalue weighted by Gasteiger charge is 2.28. The van der Waals surface area contributed by atoms with Gasteiger partial charge in [-0.15, -0.1) is 0 Å². The molecule has 1 aliphatic heterocycles. The molecule has 3 rings (SSSR count). The van der Waals surface area contributed by atoms with Crippen LogP contribution in [0.5, 0.6) is 5.75 Å². The van der Waals surface area contributed by atoms with E-state index >= 15 is 0 Å². The zero-order chi connectivity index (χ0) is 20.8. The minimum Gasteiger partial charge on any atom is -0.489 e. The van der Waals surface area contributed by atoms with Crippen LogP contribution in [0, 0.1) is 5.92 Å². The normalized spacial score (nSPS) is 19.0. The summed E-state index contributed by atoms with van der Waals surface area (Å²) in [4.78, 5) is 13.1. The van der Waals surface area contributed by atoms with Crippen LogP contribution in [-0.2, 0) is 17.8 Å². The number of nitrogens with zero attached hydrogens (tertiary/aromatic N) is 1. The molecule has 0 amide bonds. The van der Waals surface area contributed by atoms with Gasteiger partial charge in [0.1, 0.15) is 12.4 Å². The van der Waals surface area contributed by atoms with Gasteiger partial charge in [0.2, 0.25) is 0 Å². The number of carbonyl (C=O) groups is 1. The number of carboxylic acid groups (broad SMARTS) is 1. The van der Waals surface area contributed by atoms with Crippen molar-refractivity contribution in [1.29, 1.82) is 0 Å². The standard InChI is InChI=1S/C25H31NO3/c1-18(10-14-25(27)28)9-11-21-15-22-16-23(12-13-24(22)26(3)19(21)2)29-17-20-7-5-4-6-8-20/h4-9,12-13,16,19,21H,10-11,14-15,17H2,1-3H3,(H,27,28)/b18-9+. The molecule has 0 aliphatic carbocycles. The molecule has 1 heterocycles. The van der Waals surface area contributed by atoms with Crippen molar-refractivity contribution < 1.29 is 14.6 Å². The van der Waals surface area contributed by atoms with Gasteiger partial charge in [0.25, 0.3) is 0 Å². The molecule has 2 unspecified atom stereocenters. The van der Waals surface area contributed by atoms with Gasteiger partial charge in [-0.25, -0.2) is 0 Å². The smallest absolute Gasteiger partial charge is 0.303 e. The Morgan fingerprint density at radius 3 is 2.69 bits per heavy atom. The zero-order valence-corrected chi connectivity index (χ0v) is 17.6. The summed E-state index contributed by atoms with van der Waals surface area (Å²) in [7, 11) is 2.15. The molecule has 1 N–H and O–H groups in total. The molecule has 4 nitrogen and oxygen atoms in total. The second kappa shape index (κ2) is 9.64. The van der Waals surface area contributed by atoms with Crippen LogP contribution in [0.1, 0.15) is 44.2 Å². The van der Waals surface area contributed by atoms with Gasteiger partial charge < -0.3 is 14.7 Å². The Labute approximate surface area is 173 Å². The summed E-state index contributed by atoms with van der Waals surface area (Å²) in [6.07, 6.45) is 5.02. The number of anilines is 1. The average molecular weight is 394 g/mol.